The van der Waals surface area contributed by atoms with E-state index in [1.165, 1.54) is 18.3 Å². The lowest BCUT2D eigenvalue weighted by molar-refractivity contribution is 0.0945. The molecule has 144 valence electrons. The molecule has 0 radical (unpaired) electrons. The number of aromatic nitrogens is 2. The van der Waals surface area contributed by atoms with Gasteiger partial charge in [0, 0.05) is 24.0 Å². The van der Waals surface area contributed by atoms with Gasteiger partial charge in [-0.25, -0.2) is 14.4 Å². The minimum atomic E-state index is -0.387. The van der Waals surface area contributed by atoms with E-state index in [1.807, 2.05) is 19.1 Å². The Labute approximate surface area is 164 Å². The quantitative estimate of drug-likeness (QED) is 0.651. The Kier molecular flexibility index (Phi) is 5.99. The molecule has 1 heterocycles. The van der Waals surface area contributed by atoms with Crippen molar-refractivity contribution in [2.75, 3.05) is 5.32 Å². The van der Waals surface area contributed by atoms with Crippen LogP contribution >= 0.6 is 0 Å². The molecule has 0 aliphatic rings. The van der Waals surface area contributed by atoms with Crippen molar-refractivity contribution < 1.29 is 9.18 Å². The van der Waals surface area contributed by atoms with Crippen molar-refractivity contribution in [3.63, 3.8) is 0 Å². The van der Waals surface area contributed by atoms with Gasteiger partial charge < -0.3 is 10.6 Å². The first kappa shape index (κ1) is 19.5. The van der Waals surface area contributed by atoms with Crippen LogP contribution in [0.2, 0.25) is 0 Å². The molecule has 0 aliphatic carbocycles. The van der Waals surface area contributed by atoms with Gasteiger partial charge in [-0.1, -0.05) is 50.2 Å². The summed E-state index contributed by atoms with van der Waals surface area (Å²) in [5, 5.41) is 5.93. The second kappa shape index (κ2) is 8.61. The molecule has 0 fully saturated rings. The summed E-state index contributed by atoms with van der Waals surface area (Å²) in [5.41, 5.74) is 3.81. The monoisotopic (exact) mass is 378 g/mol. The molecular formula is C22H23FN4O. The number of rotatable bonds is 6. The topological polar surface area (TPSA) is 66.9 Å². The normalized spacial score (nSPS) is 10.8. The molecular weight excluding hydrogens is 355 g/mol. The minimum Gasteiger partial charge on any atom is -0.347 e. The van der Waals surface area contributed by atoms with E-state index >= 15 is 0 Å². The fourth-order valence-corrected chi connectivity index (χ4v) is 2.91. The lowest BCUT2D eigenvalue weighted by atomic mass is 9.98. The molecule has 0 aliphatic heterocycles. The van der Waals surface area contributed by atoms with Crippen LogP contribution in [0.3, 0.4) is 0 Å². The van der Waals surface area contributed by atoms with Gasteiger partial charge in [0.1, 0.15) is 11.5 Å². The molecule has 1 amide bonds. The largest absolute Gasteiger partial charge is 0.347 e. The third-order valence-electron chi connectivity index (χ3n) is 4.45. The number of amides is 1. The number of hydrogen-bond acceptors (Lipinski definition) is 4. The Balaban J connectivity index is 1.76. The van der Waals surface area contributed by atoms with Gasteiger partial charge in [0.2, 0.25) is 5.95 Å². The summed E-state index contributed by atoms with van der Waals surface area (Å²) < 4.78 is 13.7. The predicted molar refractivity (Wildman–Crippen MR) is 108 cm³/mol. The molecule has 2 N–H and O–H groups in total. The highest BCUT2D eigenvalue weighted by Gasteiger charge is 2.13. The average Bonchev–Trinajstić information content (AvgIpc) is 2.68. The van der Waals surface area contributed by atoms with Crippen LogP contribution in [0, 0.1) is 12.7 Å². The van der Waals surface area contributed by atoms with Crippen LogP contribution in [0.1, 0.15) is 46.9 Å². The van der Waals surface area contributed by atoms with Crippen LogP contribution in [0.15, 0.2) is 54.7 Å². The van der Waals surface area contributed by atoms with Crippen molar-refractivity contribution in [3.05, 3.63) is 82.9 Å². The fraction of sp³-hybridized carbons (Fsp3) is 0.227. The summed E-state index contributed by atoms with van der Waals surface area (Å²) in [5.74, 6) is -0.0689. The molecule has 0 bridgehead atoms. The molecule has 2 aromatic carbocycles. The van der Waals surface area contributed by atoms with E-state index in [0.29, 0.717) is 17.4 Å². The molecule has 3 rings (SSSR count). The van der Waals surface area contributed by atoms with Gasteiger partial charge in [0.25, 0.3) is 5.91 Å². The van der Waals surface area contributed by atoms with E-state index in [0.717, 1.165) is 16.8 Å². The van der Waals surface area contributed by atoms with Gasteiger partial charge in [-0.3, -0.25) is 4.79 Å². The molecule has 0 saturated heterocycles. The maximum Gasteiger partial charge on any atom is 0.270 e. The molecule has 28 heavy (non-hydrogen) atoms. The molecule has 6 heteroatoms. The number of nitrogens with zero attached hydrogens (tertiary/aromatic N) is 2. The summed E-state index contributed by atoms with van der Waals surface area (Å²) in [6.07, 6.45) is 1.53. The van der Waals surface area contributed by atoms with Crippen molar-refractivity contribution >= 4 is 17.5 Å². The van der Waals surface area contributed by atoms with Crippen LogP contribution in [-0.4, -0.2) is 15.9 Å². The Morgan fingerprint density at radius 3 is 2.64 bits per heavy atom. The second-order valence-electron chi connectivity index (χ2n) is 6.86. The Bertz CT molecular complexity index is 988. The molecule has 0 spiro atoms. The molecule has 1 aromatic heterocycles. The molecule has 0 saturated carbocycles. The highest BCUT2D eigenvalue weighted by Crippen LogP contribution is 2.29. The summed E-state index contributed by atoms with van der Waals surface area (Å²) >= 11 is 0. The smallest absolute Gasteiger partial charge is 0.270 e. The minimum absolute atomic E-state index is 0.0908. The van der Waals surface area contributed by atoms with Crippen molar-refractivity contribution in [2.45, 2.75) is 33.2 Å². The highest BCUT2D eigenvalue weighted by molar-refractivity contribution is 5.92. The van der Waals surface area contributed by atoms with E-state index in [9.17, 15) is 9.18 Å². The van der Waals surface area contributed by atoms with Gasteiger partial charge in [0.15, 0.2) is 0 Å². The number of aryl methyl sites for hydroxylation is 1. The van der Waals surface area contributed by atoms with Gasteiger partial charge in [-0.05, 0) is 36.1 Å². The first-order valence-corrected chi connectivity index (χ1v) is 9.17. The number of carbonyl (C=O) groups excluding carboxylic acids is 1. The number of para-hydroxylation sites is 1. The fourth-order valence-electron chi connectivity index (χ4n) is 2.91. The predicted octanol–water partition coefficient (Wildman–Crippen LogP) is 4.72. The zero-order valence-corrected chi connectivity index (χ0v) is 16.2. The zero-order valence-electron chi connectivity index (χ0n) is 16.2. The SMILES string of the molecule is Cc1cccc(C(C)C)c1Nc1nccc(C(=O)NCc2ccccc2F)n1. The number of carbonyl (C=O) groups is 1. The summed E-state index contributed by atoms with van der Waals surface area (Å²) in [6, 6.07) is 14.0. The third-order valence-corrected chi connectivity index (χ3v) is 4.45. The maximum atomic E-state index is 13.7. The van der Waals surface area contributed by atoms with E-state index in [4.69, 9.17) is 0 Å². The standard InChI is InChI=1S/C22H23FN4O/c1-14(2)17-9-6-7-15(3)20(17)27-22-24-12-11-19(26-22)21(28)25-13-16-8-4-5-10-18(16)23/h4-12,14H,13H2,1-3H3,(H,25,28)(H,24,26,27). The van der Waals surface area contributed by atoms with Gasteiger partial charge in [0.05, 0.1) is 0 Å². The van der Waals surface area contributed by atoms with Crippen LogP contribution in [0.4, 0.5) is 16.0 Å². The van der Waals surface area contributed by atoms with E-state index < -0.39 is 0 Å². The number of anilines is 2. The average molecular weight is 378 g/mol. The molecule has 5 nitrogen and oxygen atoms in total. The summed E-state index contributed by atoms with van der Waals surface area (Å²) in [7, 11) is 0. The van der Waals surface area contributed by atoms with Crippen LogP contribution in [0.5, 0.6) is 0 Å². The molecule has 3 aromatic rings. The zero-order chi connectivity index (χ0) is 20.1. The maximum absolute atomic E-state index is 13.7. The lowest BCUT2D eigenvalue weighted by Gasteiger charge is -2.16. The first-order chi connectivity index (χ1) is 13.5. The third kappa shape index (κ3) is 4.52. The Hall–Kier alpha value is -3.28. The van der Waals surface area contributed by atoms with Gasteiger partial charge in [-0.15, -0.1) is 0 Å². The van der Waals surface area contributed by atoms with Gasteiger partial charge in [-0.2, -0.15) is 0 Å². The van der Waals surface area contributed by atoms with E-state index in [2.05, 4.69) is 40.5 Å². The number of benzene rings is 2. The van der Waals surface area contributed by atoms with E-state index in [-0.39, 0.29) is 24.0 Å². The van der Waals surface area contributed by atoms with Crippen LogP contribution in [-0.2, 0) is 6.54 Å². The van der Waals surface area contributed by atoms with Crippen molar-refractivity contribution in [1.29, 1.82) is 0 Å². The molecule has 0 atom stereocenters. The summed E-state index contributed by atoms with van der Waals surface area (Å²) in [4.78, 5) is 21.0. The summed E-state index contributed by atoms with van der Waals surface area (Å²) in [6.45, 7) is 6.34. The van der Waals surface area contributed by atoms with Crippen LogP contribution in [0.25, 0.3) is 0 Å². The lowest BCUT2D eigenvalue weighted by Crippen LogP contribution is -2.24. The number of halogens is 1. The van der Waals surface area contributed by atoms with Gasteiger partial charge >= 0.3 is 0 Å². The number of nitrogens with one attached hydrogen (secondary N) is 2. The molecule has 0 unspecified atom stereocenters. The van der Waals surface area contributed by atoms with E-state index in [1.54, 1.807) is 18.2 Å². The first-order valence-electron chi connectivity index (χ1n) is 9.17. The number of hydrogen-bond donors (Lipinski definition) is 2. The van der Waals surface area contributed by atoms with Crippen molar-refractivity contribution in [3.8, 4) is 0 Å². The van der Waals surface area contributed by atoms with Crippen molar-refractivity contribution in [1.82, 2.24) is 15.3 Å². The second-order valence-corrected chi connectivity index (χ2v) is 6.86. The van der Waals surface area contributed by atoms with Crippen LogP contribution < -0.4 is 10.6 Å². The van der Waals surface area contributed by atoms with Crippen molar-refractivity contribution in [2.24, 2.45) is 0 Å². The Morgan fingerprint density at radius 1 is 1.11 bits per heavy atom. The Morgan fingerprint density at radius 2 is 1.89 bits per heavy atom. The highest BCUT2D eigenvalue weighted by atomic mass is 19.1.